The minimum absolute atomic E-state index is 0.161. The third-order valence-electron chi connectivity index (χ3n) is 2.55. The molecule has 20 heavy (non-hydrogen) atoms. The van der Waals surface area contributed by atoms with Crippen LogP contribution in [0.3, 0.4) is 0 Å². The van der Waals surface area contributed by atoms with E-state index in [0.717, 1.165) is 17.1 Å². The fraction of sp³-hybridized carbons (Fsp3) is 0.0833. The van der Waals surface area contributed by atoms with Crippen LogP contribution in [0, 0.1) is 18.6 Å². The Kier molecular flexibility index (Phi) is 2.94. The summed E-state index contributed by atoms with van der Waals surface area (Å²) in [6, 6.07) is 3.13. The SMILES string of the molecule is Cc1nn2cc(C(=O)Nc3ccc(F)c(F)c3)nc2s1. The summed E-state index contributed by atoms with van der Waals surface area (Å²) in [5, 5.41) is 7.41. The summed E-state index contributed by atoms with van der Waals surface area (Å²) in [6.07, 6.45) is 1.48. The lowest BCUT2D eigenvalue weighted by Crippen LogP contribution is -2.12. The number of benzene rings is 1. The summed E-state index contributed by atoms with van der Waals surface area (Å²) in [6.45, 7) is 1.83. The van der Waals surface area contributed by atoms with Crippen molar-refractivity contribution >= 4 is 27.9 Å². The van der Waals surface area contributed by atoms with E-state index in [1.165, 1.54) is 28.1 Å². The summed E-state index contributed by atoms with van der Waals surface area (Å²) in [7, 11) is 0. The highest BCUT2D eigenvalue weighted by Crippen LogP contribution is 2.16. The van der Waals surface area contributed by atoms with Gasteiger partial charge in [-0.1, -0.05) is 11.3 Å². The number of anilines is 1. The number of rotatable bonds is 2. The average molecular weight is 294 g/mol. The Hall–Kier alpha value is -2.35. The number of nitrogens with one attached hydrogen (secondary N) is 1. The van der Waals surface area contributed by atoms with Crippen molar-refractivity contribution in [2.24, 2.45) is 0 Å². The van der Waals surface area contributed by atoms with Gasteiger partial charge in [0.25, 0.3) is 5.91 Å². The predicted octanol–water partition coefficient (Wildman–Crippen LogP) is 2.63. The van der Waals surface area contributed by atoms with E-state index in [-0.39, 0.29) is 11.4 Å². The zero-order valence-electron chi connectivity index (χ0n) is 10.2. The van der Waals surface area contributed by atoms with E-state index in [2.05, 4.69) is 15.4 Å². The number of fused-ring (bicyclic) bond motifs is 1. The predicted molar refractivity (Wildman–Crippen MR) is 69.9 cm³/mol. The summed E-state index contributed by atoms with van der Waals surface area (Å²) in [4.78, 5) is 16.6. The van der Waals surface area contributed by atoms with Crippen LogP contribution in [0.4, 0.5) is 14.5 Å². The number of imidazole rings is 1. The van der Waals surface area contributed by atoms with Gasteiger partial charge in [-0.15, -0.1) is 0 Å². The van der Waals surface area contributed by atoms with Crippen molar-refractivity contribution in [1.29, 1.82) is 0 Å². The summed E-state index contributed by atoms with van der Waals surface area (Å²) in [5.41, 5.74) is 0.322. The number of amides is 1. The van der Waals surface area contributed by atoms with Crippen LogP contribution in [-0.2, 0) is 0 Å². The quantitative estimate of drug-likeness (QED) is 0.790. The van der Waals surface area contributed by atoms with E-state index in [1.807, 2.05) is 6.92 Å². The molecule has 8 heteroatoms. The Morgan fingerprint density at radius 3 is 2.85 bits per heavy atom. The molecule has 0 fully saturated rings. The molecule has 5 nitrogen and oxygen atoms in total. The second-order valence-corrected chi connectivity index (χ2v) is 5.22. The highest BCUT2D eigenvalue weighted by molar-refractivity contribution is 7.16. The van der Waals surface area contributed by atoms with Gasteiger partial charge < -0.3 is 5.32 Å². The lowest BCUT2D eigenvalue weighted by molar-refractivity contribution is 0.102. The number of hydrogen-bond acceptors (Lipinski definition) is 4. The Morgan fingerprint density at radius 1 is 1.35 bits per heavy atom. The van der Waals surface area contributed by atoms with Crippen LogP contribution in [0.1, 0.15) is 15.5 Å². The number of nitrogens with zero attached hydrogens (tertiary/aromatic N) is 3. The van der Waals surface area contributed by atoms with E-state index in [9.17, 15) is 13.6 Å². The molecule has 0 radical (unpaired) electrons. The lowest BCUT2D eigenvalue weighted by atomic mass is 10.3. The average Bonchev–Trinajstić information content (AvgIpc) is 2.91. The van der Waals surface area contributed by atoms with Gasteiger partial charge in [-0.3, -0.25) is 4.79 Å². The molecule has 2 aromatic heterocycles. The molecule has 1 aromatic carbocycles. The normalized spacial score (nSPS) is 10.9. The third kappa shape index (κ3) is 2.25. The molecule has 2 heterocycles. The molecule has 0 aliphatic heterocycles. The van der Waals surface area contributed by atoms with Gasteiger partial charge in [0.1, 0.15) is 10.7 Å². The Bertz CT molecular complexity index is 780. The van der Waals surface area contributed by atoms with E-state index >= 15 is 0 Å². The molecule has 3 aromatic rings. The Morgan fingerprint density at radius 2 is 2.15 bits per heavy atom. The van der Waals surface area contributed by atoms with Gasteiger partial charge in [0.15, 0.2) is 11.6 Å². The van der Waals surface area contributed by atoms with E-state index < -0.39 is 17.5 Å². The van der Waals surface area contributed by atoms with Crippen molar-refractivity contribution in [3.8, 4) is 0 Å². The molecule has 102 valence electrons. The summed E-state index contributed by atoms with van der Waals surface area (Å²) >= 11 is 1.35. The first-order valence-corrected chi connectivity index (χ1v) is 6.44. The highest BCUT2D eigenvalue weighted by Gasteiger charge is 2.14. The van der Waals surface area contributed by atoms with Crippen molar-refractivity contribution in [1.82, 2.24) is 14.6 Å². The molecule has 0 aliphatic carbocycles. The first kappa shape index (κ1) is 12.7. The molecule has 0 saturated heterocycles. The number of aryl methyl sites for hydroxylation is 1. The van der Waals surface area contributed by atoms with E-state index in [1.54, 1.807) is 0 Å². The third-order valence-corrected chi connectivity index (χ3v) is 3.39. The van der Waals surface area contributed by atoms with Crippen molar-refractivity contribution < 1.29 is 13.6 Å². The molecular weight excluding hydrogens is 286 g/mol. The summed E-state index contributed by atoms with van der Waals surface area (Å²) < 4.78 is 27.3. The van der Waals surface area contributed by atoms with Crippen LogP contribution in [0.2, 0.25) is 0 Å². The van der Waals surface area contributed by atoms with E-state index in [4.69, 9.17) is 0 Å². The first-order chi connectivity index (χ1) is 9.52. The minimum atomic E-state index is -1.02. The first-order valence-electron chi connectivity index (χ1n) is 5.62. The van der Waals surface area contributed by atoms with Crippen molar-refractivity contribution in [2.75, 3.05) is 5.32 Å². The lowest BCUT2D eigenvalue weighted by Gasteiger charge is -2.03. The second-order valence-electron chi connectivity index (χ2n) is 4.06. The minimum Gasteiger partial charge on any atom is -0.320 e. The fourth-order valence-electron chi connectivity index (χ4n) is 1.68. The number of carbonyl (C=O) groups is 1. The van der Waals surface area contributed by atoms with Gasteiger partial charge in [0.05, 0.1) is 6.20 Å². The van der Waals surface area contributed by atoms with Gasteiger partial charge >= 0.3 is 0 Å². The van der Waals surface area contributed by atoms with Crippen LogP contribution in [0.15, 0.2) is 24.4 Å². The standard InChI is InChI=1S/C12H8F2N4OS/c1-6-17-18-5-10(16-12(18)20-6)11(19)15-7-2-3-8(13)9(14)4-7/h2-5H,1H3,(H,15,19). The molecule has 0 bridgehead atoms. The molecule has 1 amide bonds. The van der Waals surface area contributed by atoms with Gasteiger partial charge in [0.2, 0.25) is 4.96 Å². The van der Waals surface area contributed by atoms with Gasteiger partial charge in [0, 0.05) is 11.8 Å². The van der Waals surface area contributed by atoms with Crippen LogP contribution in [-0.4, -0.2) is 20.5 Å². The molecular formula is C12H8F2N4OS. The number of aromatic nitrogens is 3. The van der Waals surface area contributed by atoms with E-state index in [0.29, 0.717) is 4.96 Å². The van der Waals surface area contributed by atoms with Crippen LogP contribution in [0.5, 0.6) is 0 Å². The molecule has 0 saturated carbocycles. The van der Waals surface area contributed by atoms with Crippen molar-refractivity contribution in [3.05, 3.63) is 46.7 Å². The maximum absolute atomic E-state index is 13.0. The van der Waals surface area contributed by atoms with Gasteiger partial charge in [-0.05, 0) is 19.1 Å². The zero-order chi connectivity index (χ0) is 14.3. The van der Waals surface area contributed by atoms with Crippen LogP contribution < -0.4 is 5.32 Å². The number of hydrogen-bond donors (Lipinski definition) is 1. The fourth-order valence-corrected chi connectivity index (χ4v) is 2.40. The topological polar surface area (TPSA) is 59.3 Å². The maximum Gasteiger partial charge on any atom is 0.275 e. The molecule has 0 unspecified atom stereocenters. The summed E-state index contributed by atoms with van der Waals surface area (Å²) in [5.74, 6) is -2.50. The number of halogens is 2. The monoisotopic (exact) mass is 294 g/mol. The van der Waals surface area contributed by atoms with Crippen LogP contribution >= 0.6 is 11.3 Å². The molecule has 3 rings (SSSR count). The Balaban J connectivity index is 1.84. The number of carbonyl (C=O) groups excluding carboxylic acids is 1. The maximum atomic E-state index is 13.0. The van der Waals surface area contributed by atoms with Gasteiger partial charge in [-0.25, -0.2) is 18.3 Å². The van der Waals surface area contributed by atoms with Crippen molar-refractivity contribution in [3.63, 3.8) is 0 Å². The zero-order valence-corrected chi connectivity index (χ0v) is 11.0. The largest absolute Gasteiger partial charge is 0.320 e. The molecule has 0 aliphatic rings. The van der Waals surface area contributed by atoms with Crippen LogP contribution in [0.25, 0.3) is 4.96 Å². The molecule has 0 spiro atoms. The second kappa shape index (κ2) is 4.64. The highest BCUT2D eigenvalue weighted by atomic mass is 32.1. The smallest absolute Gasteiger partial charge is 0.275 e. The molecule has 1 N–H and O–H groups in total. The molecule has 0 atom stereocenters. The van der Waals surface area contributed by atoms with Gasteiger partial charge in [-0.2, -0.15) is 5.10 Å². The Labute approximate surface area is 115 Å². The van der Waals surface area contributed by atoms with Crippen molar-refractivity contribution in [2.45, 2.75) is 6.92 Å².